The number of pyridine rings is 1. The Hall–Kier alpha value is -2.34. The number of nitrogens with zero attached hydrogens (tertiary/aromatic N) is 2. The van der Waals surface area contributed by atoms with E-state index in [0.717, 1.165) is 0 Å². The second-order valence-electron chi connectivity index (χ2n) is 6.35. The lowest BCUT2D eigenvalue weighted by atomic mass is 10.0. The zero-order chi connectivity index (χ0) is 18.1. The number of carboxylic acids is 1. The number of carbonyl (C=O) groups is 2. The molecule has 24 heavy (non-hydrogen) atoms. The van der Waals surface area contributed by atoms with Crippen LogP contribution < -0.4 is 0 Å². The van der Waals surface area contributed by atoms with Gasteiger partial charge in [-0.05, 0) is 38.8 Å². The van der Waals surface area contributed by atoms with Gasteiger partial charge in [-0.1, -0.05) is 24.3 Å². The zero-order valence-electron chi connectivity index (χ0n) is 13.8. The Morgan fingerprint density at radius 1 is 1.38 bits per heavy atom. The smallest absolute Gasteiger partial charge is 0.414 e. The molecule has 1 aliphatic heterocycles. The average molecular weight is 351 g/mol. The van der Waals surface area contributed by atoms with Crippen LogP contribution in [0.1, 0.15) is 43.1 Å². The number of carbonyl (C=O) groups excluding carboxylic acids is 1. The third-order valence-electron chi connectivity index (χ3n) is 3.33. The van der Waals surface area contributed by atoms with Crippen LogP contribution >= 0.6 is 11.6 Å². The lowest BCUT2D eigenvalue weighted by Crippen LogP contribution is -2.35. The Balaban J connectivity index is 2.34. The molecule has 0 aliphatic carbocycles. The van der Waals surface area contributed by atoms with Gasteiger partial charge < -0.3 is 9.84 Å². The first-order valence-corrected chi connectivity index (χ1v) is 7.77. The van der Waals surface area contributed by atoms with Crippen molar-refractivity contribution in [3.8, 4) is 0 Å². The number of halogens is 1. The second-order valence-corrected chi connectivity index (χ2v) is 6.73. The summed E-state index contributed by atoms with van der Waals surface area (Å²) in [6.45, 7) is 9.75. The molecule has 1 aromatic rings. The van der Waals surface area contributed by atoms with Gasteiger partial charge in [-0.25, -0.2) is 14.6 Å². The Bertz CT molecular complexity index is 735. The van der Waals surface area contributed by atoms with Crippen molar-refractivity contribution in [2.75, 3.05) is 6.54 Å². The first-order chi connectivity index (χ1) is 11.1. The molecule has 0 saturated carbocycles. The molecule has 1 N–H and O–H groups in total. The maximum Gasteiger partial charge on any atom is 0.414 e. The quantitative estimate of drug-likeness (QED) is 0.834. The molecule has 0 unspecified atom stereocenters. The maximum atomic E-state index is 12.4. The largest absolute Gasteiger partial charge is 0.478 e. The van der Waals surface area contributed by atoms with Crippen LogP contribution in [-0.4, -0.2) is 39.2 Å². The molecular weight excluding hydrogens is 332 g/mol. The SMILES string of the molecule is C=C(C1=CCCN1C(=O)OC(C)(C)C)c1cc(Cl)ncc1C(=O)O. The molecule has 0 atom stereocenters. The molecule has 1 aromatic heterocycles. The Morgan fingerprint density at radius 3 is 2.62 bits per heavy atom. The molecule has 0 fully saturated rings. The fraction of sp³-hybridized carbons (Fsp3) is 0.353. The van der Waals surface area contributed by atoms with Crippen molar-refractivity contribution in [3.05, 3.63) is 46.9 Å². The normalized spacial score (nSPS) is 14.3. The summed E-state index contributed by atoms with van der Waals surface area (Å²) in [5.41, 5.74) is 0.581. The van der Waals surface area contributed by atoms with Crippen molar-refractivity contribution < 1.29 is 19.4 Å². The Labute approximate surface area is 145 Å². The van der Waals surface area contributed by atoms with Crippen LogP contribution in [0.2, 0.25) is 5.15 Å². The minimum Gasteiger partial charge on any atom is -0.478 e. The number of carboxylic acid groups (broad SMARTS) is 1. The van der Waals surface area contributed by atoms with Crippen molar-refractivity contribution >= 4 is 29.2 Å². The third-order valence-corrected chi connectivity index (χ3v) is 3.54. The summed E-state index contributed by atoms with van der Waals surface area (Å²) in [5, 5.41) is 9.48. The Morgan fingerprint density at radius 2 is 2.04 bits per heavy atom. The highest BCUT2D eigenvalue weighted by Crippen LogP contribution is 2.32. The number of hydrogen-bond acceptors (Lipinski definition) is 4. The van der Waals surface area contributed by atoms with Crippen LogP contribution in [0.15, 0.2) is 30.6 Å². The highest BCUT2D eigenvalue weighted by molar-refractivity contribution is 6.29. The molecule has 0 aromatic carbocycles. The number of ether oxygens (including phenoxy) is 1. The average Bonchev–Trinajstić information content (AvgIpc) is 2.93. The zero-order valence-corrected chi connectivity index (χ0v) is 14.6. The lowest BCUT2D eigenvalue weighted by Gasteiger charge is -2.27. The van der Waals surface area contributed by atoms with Crippen LogP contribution in [-0.2, 0) is 4.74 Å². The van der Waals surface area contributed by atoms with Crippen molar-refractivity contribution in [2.45, 2.75) is 32.8 Å². The predicted molar refractivity (Wildman–Crippen MR) is 90.9 cm³/mol. The number of rotatable bonds is 3. The van der Waals surface area contributed by atoms with E-state index in [-0.39, 0.29) is 10.7 Å². The molecule has 0 radical (unpaired) electrons. The molecule has 0 bridgehead atoms. The van der Waals surface area contributed by atoms with E-state index in [1.807, 2.05) is 6.08 Å². The molecule has 2 rings (SSSR count). The van der Waals surface area contributed by atoms with Crippen LogP contribution in [0.4, 0.5) is 4.79 Å². The van der Waals surface area contributed by atoms with Crippen molar-refractivity contribution in [2.24, 2.45) is 0 Å². The van der Waals surface area contributed by atoms with Crippen LogP contribution in [0.5, 0.6) is 0 Å². The fourth-order valence-corrected chi connectivity index (χ4v) is 2.50. The number of aromatic nitrogens is 1. The minimum absolute atomic E-state index is 0.0265. The minimum atomic E-state index is -1.14. The molecule has 1 amide bonds. The Kier molecular flexibility index (Phi) is 4.99. The molecule has 128 valence electrons. The molecule has 0 spiro atoms. The van der Waals surface area contributed by atoms with Gasteiger partial charge in [0.2, 0.25) is 0 Å². The van der Waals surface area contributed by atoms with Gasteiger partial charge in [0.1, 0.15) is 10.8 Å². The van der Waals surface area contributed by atoms with E-state index in [1.54, 1.807) is 20.8 Å². The second kappa shape index (κ2) is 6.65. The van der Waals surface area contributed by atoms with Gasteiger partial charge in [0.05, 0.1) is 11.3 Å². The van der Waals surface area contributed by atoms with Gasteiger partial charge in [0.15, 0.2) is 0 Å². The van der Waals surface area contributed by atoms with Crippen LogP contribution in [0.25, 0.3) is 5.57 Å². The van der Waals surface area contributed by atoms with Crippen molar-refractivity contribution in [3.63, 3.8) is 0 Å². The number of amides is 1. The molecule has 1 aliphatic rings. The molecule has 7 heteroatoms. The molecule has 0 saturated heterocycles. The summed E-state index contributed by atoms with van der Waals surface area (Å²) in [6.07, 6.45) is 3.14. The van der Waals surface area contributed by atoms with Crippen LogP contribution in [0.3, 0.4) is 0 Å². The maximum absolute atomic E-state index is 12.4. The van der Waals surface area contributed by atoms with E-state index >= 15 is 0 Å². The van der Waals surface area contributed by atoms with Gasteiger partial charge >= 0.3 is 12.1 Å². The highest BCUT2D eigenvalue weighted by atomic mass is 35.5. The van der Waals surface area contributed by atoms with Gasteiger partial charge in [-0.2, -0.15) is 0 Å². The summed E-state index contributed by atoms with van der Waals surface area (Å²) < 4.78 is 5.39. The highest BCUT2D eigenvalue weighted by Gasteiger charge is 2.30. The first kappa shape index (κ1) is 18.0. The summed E-state index contributed by atoms with van der Waals surface area (Å²) in [4.78, 5) is 29.0. The topological polar surface area (TPSA) is 79.7 Å². The van der Waals surface area contributed by atoms with E-state index < -0.39 is 17.7 Å². The van der Waals surface area contributed by atoms with Gasteiger partial charge in [0.25, 0.3) is 0 Å². The molecule has 6 nitrogen and oxygen atoms in total. The van der Waals surface area contributed by atoms with Crippen molar-refractivity contribution in [1.82, 2.24) is 9.88 Å². The predicted octanol–water partition coefficient (Wildman–Crippen LogP) is 3.97. The fourth-order valence-electron chi connectivity index (χ4n) is 2.34. The van der Waals surface area contributed by atoms with E-state index in [2.05, 4.69) is 11.6 Å². The standard InChI is InChI=1S/C17H19ClN2O4/c1-10(11-8-14(18)19-9-12(11)15(21)22)13-6-5-7-20(13)16(23)24-17(2,3)4/h6,8-9H,1,5,7H2,2-4H3,(H,21,22). The lowest BCUT2D eigenvalue weighted by molar-refractivity contribution is 0.0338. The molecular formula is C17H19ClN2O4. The number of allylic oxidation sites excluding steroid dienone is 1. The van der Waals surface area contributed by atoms with E-state index in [1.165, 1.54) is 17.2 Å². The van der Waals surface area contributed by atoms with E-state index in [0.29, 0.717) is 29.8 Å². The van der Waals surface area contributed by atoms with Gasteiger partial charge in [-0.3, -0.25) is 4.90 Å². The third kappa shape index (κ3) is 3.94. The monoisotopic (exact) mass is 350 g/mol. The summed E-state index contributed by atoms with van der Waals surface area (Å²) in [5.74, 6) is -1.14. The van der Waals surface area contributed by atoms with Gasteiger partial charge in [0, 0.05) is 18.3 Å². The number of aromatic carboxylic acids is 1. The van der Waals surface area contributed by atoms with Crippen LogP contribution in [0, 0.1) is 0 Å². The van der Waals surface area contributed by atoms with Gasteiger partial charge in [-0.15, -0.1) is 0 Å². The molecule has 2 heterocycles. The van der Waals surface area contributed by atoms with Crippen molar-refractivity contribution in [1.29, 1.82) is 0 Å². The first-order valence-electron chi connectivity index (χ1n) is 7.39. The summed E-state index contributed by atoms with van der Waals surface area (Å²) in [7, 11) is 0. The number of hydrogen-bond donors (Lipinski definition) is 1. The summed E-state index contributed by atoms with van der Waals surface area (Å²) >= 11 is 5.89. The van der Waals surface area contributed by atoms with E-state index in [9.17, 15) is 14.7 Å². The summed E-state index contributed by atoms with van der Waals surface area (Å²) in [6, 6.07) is 1.43. The van der Waals surface area contributed by atoms with E-state index in [4.69, 9.17) is 16.3 Å².